The van der Waals surface area contributed by atoms with Gasteiger partial charge in [0.25, 0.3) is 0 Å². The van der Waals surface area contributed by atoms with E-state index in [0.29, 0.717) is 5.92 Å². The van der Waals surface area contributed by atoms with Gasteiger partial charge in [-0.3, -0.25) is 9.48 Å². The van der Waals surface area contributed by atoms with Gasteiger partial charge >= 0.3 is 0 Å². The Bertz CT molecular complexity index is 1160. The molecular weight excluding hydrogens is 412 g/mol. The van der Waals surface area contributed by atoms with E-state index in [2.05, 4.69) is 32.5 Å². The first-order chi connectivity index (χ1) is 15.9. The molecule has 0 unspecified atom stereocenters. The highest BCUT2D eigenvalue weighted by atomic mass is 16.2. The molecule has 33 heavy (non-hydrogen) atoms. The lowest BCUT2D eigenvalue weighted by Gasteiger charge is -2.31. The largest absolute Gasteiger partial charge is 0.339 e. The molecular formula is C26H32N6O. The average Bonchev–Trinajstić information content (AvgIpc) is 3.03. The molecule has 3 aromatic heterocycles. The van der Waals surface area contributed by atoms with Crippen molar-refractivity contribution in [2.24, 2.45) is 13.0 Å². The van der Waals surface area contributed by atoms with Gasteiger partial charge in [-0.15, -0.1) is 0 Å². The third-order valence-corrected chi connectivity index (χ3v) is 6.38. The predicted octanol–water partition coefficient (Wildman–Crippen LogP) is 4.37. The van der Waals surface area contributed by atoms with E-state index >= 15 is 0 Å². The van der Waals surface area contributed by atoms with E-state index in [4.69, 9.17) is 0 Å². The molecule has 1 amide bonds. The SMILES string of the molecule is Cc1cccc(Nc2cc(CC3CCN(C(=O)/C=C/c4c(C)nn(C)c4C)CC3)ccn2)n1. The van der Waals surface area contributed by atoms with Gasteiger partial charge < -0.3 is 10.2 Å². The number of aromatic nitrogens is 4. The summed E-state index contributed by atoms with van der Waals surface area (Å²) >= 11 is 0. The Balaban J connectivity index is 1.30. The van der Waals surface area contributed by atoms with Crippen LogP contribution < -0.4 is 5.32 Å². The second-order valence-corrected chi connectivity index (χ2v) is 8.85. The maximum atomic E-state index is 12.7. The van der Waals surface area contributed by atoms with E-state index in [0.717, 1.165) is 66.6 Å². The molecule has 7 nitrogen and oxygen atoms in total. The number of nitrogens with zero attached hydrogens (tertiary/aromatic N) is 5. The molecule has 0 atom stereocenters. The zero-order valence-electron chi connectivity index (χ0n) is 19.9. The summed E-state index contributed by atoms with van der Waals surface area (Å²) in [5.74, 6) is 2.26. The highest BCUT2D eigenvalue weighted by Gasteiger charge is 2.22. The Morgan fingerprint density at radius 3 is 2.64 bits per heavy atom. The van der Waals surface area contributed by atoms with E-state index in [9.17, 15) is 4.79 Å². The van der Waals surface area contributed by atoms with E-state index in [1.165, 1.54) is 5.56 Å². The van der Waals surface area contributed by atoms with Crippen LogP contribution in [0.15, 0.2) is 42.6 Å². The smallest absolute Gasteiger partial charge is 0.246 e. The summed E-state index contributed by atoms with van der Waals surface area (Å²) < 4.78 is 1.85. The number of piperidine rings is 1. The number of nitrogens with one attached hydrogen (secondary N) is 1. The highest BCUT2D eigenvalue weighted by Crippen LogP contribution is 2.24. The van der Waals surface area contributed by atoms with Gasteiger partial charge in [0.2, 0.25) is 5.91 Å². The second kappa shape index (κ2) is 9.98. The predicted molar refractivity (Wildman–Crippen MR) is 131 cm³/mol. The van der Waals surface area contributed by atoms with E-state index in [1.54, 1.807) is 6.08 Å². The Morgan fingerprint density at radius 2 is 1.94 bits per heavy atom. The first-order valence-corrected chi connectivity index (χ1v) is 11.5. The van der Waals surface area contributed by atoms with Crippen LogP contribution in [0.25, 0.3) is 6.08 Å². The van der Waals surface area contributed by atoms with Gasteiger partial charge in [-0.1, -0.05) is 6.07 Å². The molecule has 4 rings (SSSR count). The van der Waals surface area contributed by atoms with Crippen LogP contribution in [0.3, 0.4) is 0 Å². The summed E-state index contributed by atoms with van der Waals surface area (Å²) in [6.07, 6.45) is 8.45. The number of aryl methyl sites for hydroxylation is 3. The van der Waals surface area contributed by atoms with Gasteiger partial charge in [-0.25, -0.2) is 9.97 Å². The summed E-state index contributed by atoms with van der Waals surface area (Å²) in [5, 5.41) is 7.70. The topological polar surface area (TPSA) is 75.9 Å². The van der Waals surface area contributed by atoms with Gasteiger partial charge in [0.15, 0.2) is 0 Å². The summed E-state index contributed by atoms with van der Waals surface area (Å²) in [5.41, 5.74) is 5.27. The van der Waals surface area contributed by atoms with Crippen LogP contribution in [0.5, 0.6) is 0 Å². The molecule has 7 heteroatoms. The molecule has 4 heterocycles. The van der Waals surface area contributed by atoms with Gasteiger partial charge in [-0.05, 0) is 81.9 Å². The number of amides is 1. The Morgan fingerprint density at radius 1 is 1.15 bits per heavy atom. The molecule has 0 saturated carbocycles. The Hall–Kier alpha value is -3.48. The molecule has 0 aliphatic carbocycles. The van der Waals surface area contributed by atoms with Crippen LogP contribution in [0.2, 0.25) is 0 Å². The molecule has 1 N–H and O–H groups in total. The van der Waals surface area contributed by atoms with Crippen LogP contribution in [0.4, 0.5) is 11.6 Å². The fourth-order valence-corrected chi connectivity index (χ4v) is 4.40. The quantitative estimate of drug-likeness (QED) is 0.571. The summed E-state index contributed by atoms with van der Waals surface area (Å²) in [4.78, 5) is 23.6. The average molecular weight is 445 g/mol. The lowest BCUT2D eigenvalue weighted by Crippen LogP contribution is -2.38. The maximum absolute atomic E-state index is 12.7. The fraction of sp³-hybridized carbons (Fsp3) is 0.385. The molecule has 3 aromatic rings. The van der Waals surface area contributed by atoms with Gasteiger partial charge in [0.05, 0.1) is 5.69 Å². The highest BCUT2D eigenvalue weighted by molar-refractivity contribution is 5.92. The number of pyridine rings is 2. The molecule has 1 aliphatic heterocycles. The molecule has 1 fully saturated rings. The molecule has 0 aromatic carbocycles. The van der Waals surface area contributed by atoms with Crippen LogP contribution in [-0.4, -0.2) is 43.6 Å². The normalized spacial score (nSPS) is 14.7. The number of likely N-dealkylation sites (tertiary alicyclic amines) is 1. The first kappa shape index (κ1) is 22.7. The third-order valence-electron chi connectivity index (χ3n) is 6.38. The number of anilines is 2. The number of carbonyl (C=O) groups is 1. The van der Waals surface area contributed by atoms with Crippen molar-refractivity contribution in [1.29, 1.82) is 0 Å². The molecule has 0 bridgehead atoms. The minimum Gasteiger partial charge on any atom is -0.339 e. The lowest BCUT2D eigenvalue weighted by atomic mass is 9.90. The monoisotopic (exact) mass is 444 g/mol. The molecule has 1 aliphatic rings. The van der Waals surface area contributed by atoms with Crippen LogP contribution >= 0.6 is 0 Å². The van der Waals surface area contributed by atoms with Crippen LogP contribution in [0, 0.1) is 26.7 Å². The van der Waals surface area contributed by atoms with Crippen molar-refractivity contribution >= 4 is 23.6 Å². The minimum atomic E-state index is 0.0807. The van der Waals surface area contributed by atoms with Crippen molar-refractivity contribution in [3.05, 3.63) is 70.8 Å². The van der Waals surface area contributed by atoms with Gasteiger partial charge in [0, 0.05) is 49.4 Å². The Labute approximate surface area is 195 Å². The Kier molecular flexibility index (Phi) is 6.87. The minimum absolute atomic E-state index is 0.0807. The van der Waals surface area contributed by atoms with Crippen LogP contribution in [0.1, 0.15) is 41.1 Å². The van der Waals surface area contributed by atoms with Crippen LogP contribution in [-0.2, 0) is 18.3 Å². The maximum Gasteiger partial charge on any atom is 0.246 e. The van der Waals surface area contributed by atoms with Gasteiger partial charge in [0.1, 0.15) is 11.6 Å². The molecule has 1 saturated heterocycles. The van der Waals surface area contributed by atoms with Crippen molar-refractivity contribution in [2.45, 2.75) is 40.0 Å². The van der Waals surface area contributed by atoms with E-state index < -0.39 is 0 Å². The second-order valence-electron chi connectivity index (χ2n) is 8.85. The standard InChI is InChI=1S/C26H32N6O/c1-18-6-5-7-24(28-18)29-25-17-22(10-13-27-25)16-21-11-14-32(15-12-21)26(33)9-8-23-19(2)30-31(4)20(23)3/h5-10,13,17,21H,11-12,14-16H2,1-4H3,(H,27,28,29)/b9-8+. The van der Waals surface area contributed by atoms with Crippen molar-refractivity contribution in [3.8, 4) is 0 Å². The van der Waals surface area contributed by atoms with E-state index in [1.807, 2.05) is 67.9 Å². The lowest BCUT2D eigenvalue weighted by molar-refractivity contribution is -0.127. The van der Waals surface area contributed by atoms with Crippen molar-refractivity contribution < 1.29 is 4.79 Å². The molecule has 0 radical (unpaired) electrons. The summed E-state index contributed by atoms with van der Waals surface area (Å²) in [7, 11) is 1.92. The van der Waals surface area contributed by atoms with E-state index in [-0.39, 0.29) is 5.91 Å². The number of hydrogen-bond acceptors (Lipinski definition) is 5. The first-order valence-electron chi connectivity index (χ1n) is 11.5. The van der Waals surface area contributed by atoms with Gasteiger partial charge in [-0.2, -0.15) is 5.10 Å². The zero-order valence-corrected chi connectivity index (χ0v) is 19.9. The summed E-state index contributed by atoms with van der Waals surface area (Å²) in [6.45, 7) is 7.56. The number of rotatable bonds is 6. The third kappa shape index (κ3) is 5.66. The molecule has 0 spiro atoms. The van der Waals surface area contributed by atoms with Crippen molar-refractivity contribution in [1.82, 2.24) is 24.6 Å². The van der Waals surface area contributed by atoms with Crippen molar-refractivity contribution in [2.75, 3.05) is 18.4 Å². The fourth-order valence-electron chi connectivity index (χ4n) is 4.40. The zero-order chi connectivity index (χ0) is 23.4. The van der Waals surface area contributed by atoms with Crippen molar-refractivity contribution in [3.63, 3.8) is 0 Å². The number of carbonyl (C=O) groups excluding carboxylic acids is 1. The number of hydrogen-bond donors (Lipinski definition) is 1. The molecule has 172 valence electrons. The summed E-state index contributed by atoms with van der Waals surface area (Å²) in [6, 6.07) is 10.1.